The summed E-state index contributed by atoms with van der Waals surface area (Å²) >= 11 is 1.66. The molecule has 9 heteroatoms. The van der Waals surface area contributed by atoms with E-state index in [9.17, 15) is 4.79 Å². The second-order valence-corrected chi connectivity index (χ2v) is 8.43. The van der Waals surface area contributed by atoms with Crippen LogP contribution in [0.15, 0.2) is 70.2 Å². The SMILES string of the molecule is C=CCN1C(=O)NC(c2ccc(SC)cc2)C(c2nc(-c3ccc(OC)c(OC)c3)no2)=C1C. The lowest BCUT2D eigenvalue weighted by atomic mass is 9.94. The first-order chi connectivity index (χ1) is 16.5. The predicted octanol–water partition coefficient (Wildman–Crippen LogP) is 5.16. The van der Waals surface area contributed by atoms with Gasteiger partial charge in [-0.05, 0) is 49.1 Å². The third-order valence-electron chi connectivity index (χ3n) is 5.66. The van der Waals surface area contributed by atoms with Crippen molar-refractivity contribution in [3.05, 3.63) is 72.3 Å². The number of hydrogen-bond acceptors (Lipinski definition) is 7. The first kappa shape index (κ1) is 23.4. The van der Waals surface area contributed by atoms with Gasteiger partial charge in [-0.2, -0.15) is 4.98 Å². The molecule has 2 amide bonds. The van der Waals surface area contributed by atoms with Gasteiger partial charge in [-0.1, -0.05) is 23.4 Å². The number of methoxy groups -OCH3 is 2. The molecule has 1 N–H and O–H groups in total. The Morgan fingerprint density at radius 1 is 1.18 bits per heavy atom. The number of amides is 2. The summed E-state index contributed by atoms with van der Waals surface area (Å²) in [5.41, 5.74) is 3.10. The number of benzene rings is 2. The van der Waals surface area contributed by atoms with Crippen molar-refractivity contribution in [3.63, 3.8) is 0 Å². The highest BCUT2D eigenvalue weighted by molar-refractivity contribution is 7.98. The first-order valence-corrected chi connectivity index (χ1v) is 11.8. The maximum Gasteiger partial charge on any atom is 0.322 e. The van der Waals surface area contributed by atoms with Gasteiger partial charge in [0, 0.05) is 22.7 Å². The summed E-state index contributed by atoms with van der Waals surface area (Å²) in [5.74, 6) is 1.91. The number of carbonyl (C=O) groups excluding carboxylic acids is 1. The number of carbonyl (C=O) groups is 1. The molecule has 2 aromatic carbocycles. The van der Waals surface area contributed by atoms with E-state index >= 15 is 0 Å². The Balaban J connectivity index is 1.79. The van der Waals surface area contributed by atoms with Gasteiger partial charge in [0.25, 0.3) is 5.89 Å². The number of allylic oxidation sites excluding steroid dienone is 1. The van der Waals surface area contributed by atoms with E-state index in [1.54, 1.807) is 49.1 Å². The number of urea groups is 1. The second-order valence-electron chi connectivity index (χ2n) is 7.55. The van der Waals surface area contributed by atoms with Gasteiger partial charge in [-0.25, -0.2) is 4.79 Å². The average molecular weight is 479 g/mol. The van der Waals surface area contributed by atoms with Crippen molar-refractivity contribution in [2.75, 3.05) is 27.0 Å². The van der Waals surface area contributed by atoms with Gasteiger partial charge in [0.15, 0.2) is 11.5 Å². The number of rotatable bonds is 8. The lowest BCUT2D eigenvalue weighted by molar-refractivity contribution is 0.209. The summed E-state index contributed by atoms with van der Waals surface area (Å²) < 4.78 is 16.4. The Labute approximate surface area is 202 Å². The van der Waals surface area contributed by atoms with E-state index in [0.29, 0.717) is 29.8 Å². The van der Waals surface area contributed by atoms with Crippen LogP contribution in [0.2, 0.25) is 0 Å². The van der Waals surface area contributed by atoms with Gasteiger partial charge in [0.2, 0.25) is 5.82 Å². The molecule has 1 aliphatic rings. The smallest absolute Gasteiger partial charge is 0.322 e. The van der Waals surface area contributed by atoms with Crippen LogP contribution in [-0.4, -0.2) is 48.1 Å². The van der Waals surface area contributed by atoms with Crippen LogP contribution in [0.4, 0.5) is 4.79 Å². The fourth-order valence-electron chi connectivity index (χ4n) is 3.88. The van der Waals surface area contributed by atoms with Gasteiger partial charge in [0.1, 0.15) is 0 Å². The average Bonchev–Trinajstić information content (AvgIpc) is 3.35. The maximum absolute atomic E-state index is 12.9. The molecular formula is C25H26N4O4S. The normalized spacial score (nSPS) is 15.8. The van der Waals surface area contributed by atoms with Crippen LogP contribution < -0.4 is 14.8 Å². The lowest BCUT2D eigenvalue weighted by Gasteiger charge is -2.34. The third kappa shape index (κ3) is 4.38. The number of aromatic nitrogens is 2. The van der Waals surface area contributed by atoms with E-state index < -0.39 is 6.04 Å². The fraction of sp³-hybridized carbons (Fsp3) is 0.240. The first-order valence-electron chi connectivity index (χ1n) is 10.6. The van der Waals surface area contributed by atoms with Crippen molar-refractivity contribution in [1.29, 1.82) is 0 Å². The zero-order valence-electron chi connectivity index (χ0n) is 19.5. The highest BCUT2D eigenvalue weighted by Gasteiger charge is 2.35. The second kappa shape index (κ2) is 10.0. The van der Waals surface area contributed by atoms with E-state index in [-0.39, 0.29) is 6.03 Å². The Morgan fingerprint density at radius 3 is 2.56 bits per heavy atom. The molecular weight excluding hydrogens is 452 g/mol. The Morgan fingerprint density at radius 2 is 1.91 bits per heavy atom. The number of nitrogens with one attached hydrogen (secondary N) is 1. The fourth-order valence-corrected chi connectivity index (χ4v) is 4.29. The van der Waals surface area contributed by atoms with Crippen LogP contribution >= 0.6 is 11.8 Å². The standard InChI is InChI=1S/C25H26N4O4S/c1-6-13-29-15(2)21(22(26-25(29)30)16-7-10-18(34-5)11-8-16)24-27-23(28-33-24)17-9-12-19(31-3)20(14-17)32-4/h6-12,14,22H,1,13H2,2-5H3,(H,26,30). The summed E-state index contributed by atoms with van der Waals surface area (Å²) in [6, 6.07) is 12.8. The zero-order valence-corrected chi connectivity index (χ0v) is 20.3. The van der Waals surface area contributed by atoms with Crippen LogP contribution in [0.5, 0.6) is 11.5 Å². The van der Waals surface area contributed by atoms with Crippen molar-refractivity contribution >= 4 is 23.4 Å². The van der Waals surface area contributed by atoms with Gasteiger partial charge >= 0.3 is 6.03 Å². The van der Waals surface area contributed by atoms with Crippen LogP contribution in [0.3, 0.4) is 0 Å². The molecule has 2 heterocycles. The van der Waals surface area contributed by atoms with Crippen LogP contribution in [-0.2, 0) is 0 Å². The minimum Gasteiger partial charge on any atom is -0.493 e. The molecule has 0 saturated heterocycles. The van der Waals surface area contributed by atoms with E-state index in [1.165, 1.54) is 0 Å². The summed E-state index contributed by atoms with van der Waals surface area (Å²) in [6.07, 6.45) is 3.70. The van der Waals surface area contributed by atoms with Crippen molar-refractivity contribution in [1.82, 2.24) is 20.4 Å². The molecule has 8 nitrogen and oxygen atoms in total. The summed E-state index contributed by atoms with van der Waals surface area (Å²) in [4.78, 5) is 20.3. The molecule has 0 radical (unpaired) electrons. The summed E-state index contributed by atoms with van der Waals surface area (Å²) in [5, 5.41) is 7.28. The van der Waals surface area contributed by atoms with Crippen molar-refractivity contribution in [3.8, 4) is 22.9 Å². The number of thioether (sulfide) groups is 1. The zero-order chi connectivity index (χ0) is 24.2. The molecule has 0 spiro atoms. The quantitative estimate of drug-likeness (QED) is 0.353. The third-order valence-corrected chi connectivity index (χ3v) is 6.40. The minimum atomic E-state index is -0.442. The number of hydrogen-bond donors (Lipinski definition) is 1. The molecule has 1 atom stereocenters. The molecule has 1 aliphatic heterocycles. The van der Waals surface area contributed by atoms with Crippen LogP contribution in [0, 0.1) is 0 Å². The predicted molar refractivity (Wildman–Crippen MR) is 132 cm³/mol. The largest absolute Gasteiger partial charge is 0.493 e. The van der Waals surface area contributed by atoms with Gasteiger partial charge in [-0.15, -0.1) is 18.3 Å². The van der Waals surface area contributed by atoms with Crippen molar-refractivity contribution in [2.45, 2.75) is 17.9 Å². The van der Waals surface area contributed by atoms with Crippen LogP contribution in [0.25, 0.3) is 17.0 Å². The van der Waals surface area contributed by atoms with Gasteiger partial charge in [0.05, 0.1) is 25.8 Å². The van der Waals surface area contributed by atoms with E-state index in [0.717, 1.165) is 27.3 Å². The summed E-state index contributed by atoms with van der Waals surface area (Å²) in [6.45, 7) is 6.01. The molecule has 3 aromatic rings. The molecule has 4 rings (SSSR count). The molecule has 0 saturated carbocycles. The molecule has 176 valence electrons. The molecule has 0 bridgehead atoms. The van der Waals surface area contributed by atoms with Crippen molar-refractivity contribution < 1.29 is 18.8 Å². The Hall–Kier alpha value is -3.72. The van der Waals surface area contributed by atoms with Crippen LogP contribution in [0.1, 0.15) is 24.4 Å². The summed E-state index contributed by atoms with van der Waals surface area (Å²) in [7, 11) is 3.15. The maximum atomic E-state index is 12.9. The molecule has 1 unspecified atom stereocenters. The van der Waals surface area contributed by atoms with Crippen molar-refractivity contribution in [2.24, 2.45) is 0 Å². The van der Waals surface area contributed by atoms with Gasteiger partial charge in [-0.3, -0.25) is 4.90 Å². The van der Waals surface area contributed by atoms with Gasteiger partial charge < -0.3 is 19.3 Å². The molecule has 0 fully saturated rings. The molecule has 1 aromatic heterocycles. The Kier molecular flexibility index (Phi) is 6.93. The lowest BCUT2D eigenvalue weighted by Crippen LogP contribution is -2.46. The highest BCUT2D eigenvalue weighted by atomic mass is 32.2. The highest BCUT2D eigenvalue weighted by Crippen LogP contribution is 2.38. The monoisotopic (exact) mass is 478 g/mol. The molecule has 0 aliphatic carbocycles. The Bertz CT molecular complexity index is 1240. The molecule has 34 heavy (non-hydrogen) atoms. The number of ether oxygens (including phenoxy) is 2. The van der Waals surface area contributed by atoms with E-state index in [4.69, 9.17) is 14.0 Å². The van der Waals surface area contributed by atoms with E-state index in [2.05, 4.69) is 22.0 Å². The minimum absolute atomic E-state index is 0.209. The van der Waals surface area contributed by atoms with E-state index in [1.807, 2.05) is 43.5 Å². The topological polar surface area (TPSA) is 89.7 Å². The number of nitrogens with zero attached hydrogens (tertiary/aromatic N) is 3.